The van der Waals surface area contributed by atoms with Crippen molar-refractivity contribution in [3.05, 3.63) is 71.8 Å². The molecule has 0 aliphatic carbocycles. The Labute approximate surface area is 130 Å². The first kappa shape index (κ1) is 16.2. The van der Waals surface area contributed by atoms with Gasteiger partial charge in [0.1, 0.15) is 6.61 Å². The lowest BCUT2D eigenvalue weighted by Gasteiger charge is -2.12. The Kier molecular flexibility index (Phi) is 6.61. The molecule has 0 spiro atoms. The van der Waals surface area contributed by atoms with Crippen LogP contribution in [0.25, 0.3) is 0 Å². The number of carbonyl (C=O) groups is 1. The summed E-state index contributed by atoms with van der Waals surface area (Å²) >= 11 is 0. The van der Waals surface area contributed by atoms with E-state index in [2.05, 4.69) is 5.32 Å². The Bertz CT molecular complexity index is 557. The van der Waals surface area contributed by atoms with Gasteiger partial charge in [0.15, 0.2) is 0 Å². The predicted octanol–water partition coefficient (Wildman–Crippen LogP) is 2.10. The molecule has 0 amide bonds. The maximum absolute atomic E-state index is 11.6. The second-order valence-corrected chi connectivity index (χ2v) is 5.01. The van der Waals surface area contributed by atoms with Crippen molar-refractivity contribution < 1.29 is 14.6 Å². The zero-order chi connectivity index (χ0) is 15.6. The summed E-state index contributed by atoms with van der Waals surface area (Å²) in [4.78, 5) is 11.6. The SMILES string of the molecule is O=C(Cc1ccccc1)OCCNCC(O)c1ccccc1. The zero-order valence-electron chi connectivity index (χ0n) is 12.4. The average Bonchev–Trinajstić information content (AvgIpc) is 2.56. The molecular formula is C18H21NO3. The lowest BCUT2D eigenvalue weighted by atomic mass is 10.1. The molecule has 0 saturated carbocycles. The van der Waals surface area contributed by atoms with E-state index in [1.807, 2.05) is 60.7 Å². The molecule has 0 bridgehead atoms. The van der Waals surface area contributed by atoms with Crippen molar-refractivity contribution in [3.63, 3.8) is 0 Å². The minimum Gasteiger partial charge on any atom is -0.464 e. The van der Waals surface area contributed by atoms with Crippen LogP contribution in [0.4, 0.5) is 0 Å². The highest BCUT2D eigenvalue weighted by Crippen LogP contribution is 2.10. The van der Waals surface area contributed by atoms with Crippen LogP contribution in [-0.2, 0) is 16.0 Å². The van der Waals surface area contributed by atoms with Gasteiger partial charge in [-0.25, -0.2) is 0 Å². The van der Waals surface area contributed by atoms with Gasteiger partial charge in [-0.15, -0.1) is 0 Å². The Hall–Kier alpha value is -2.17. The molecule has 0 fully saturated rings. The third kappa shape index (κ3) is 5.68. The molecule has 0 saturated heterocycles. The topological polar surface area (TPSA) is 58.6 Å². The van der Waals surface area contributed by atoms with Crippen molar-refractivity contribution in [1.29, 1.82) is 0 Å². The van der Waals surface area contributed by atoms with Crippen LogP contribution >= 0.6 is 0 Å². The molecule has 1 atom stereocenters. The number of hydrogen-bond acceptors (Lipinski definition) is 4. The van der Waals surface area contributed by atoms with E-state index in [1.54, 1.807) is 0 Å². The van der Waals surface area contributed by atoms with E-state index in [0.717, 1.165) is 11.1 Å². The van der Waals surface area contributed by atoms with Gasteiger partial charge in [0.2, 0.25) is 0 Å². The maximum atomic E-state index is 11.6. The molecule has 2 N–H and O–H groups in total. The summed E-state index contributed by atoms with van der Waals surface area (Å²) in [7, 11) is 0. The Morgan fingerprint density at radius 2 is 1.68 bits per heavy atom. The van der Waals surface area contributed by atoms with Gasteiger partial charge < -0.3 is 15.2 Å². The summed E-state index contributed by atoms with van der Waals surface area (Å²) in [5.41, 5.74) is 1.82. The van der Waals surface area contributed by atoms with E-state index in [4.69, 9.17) is 4.74 Å². The highest BCUT2D eigenvalue weighted by Gasteiger charge is 2.07. The second-order valence-electron chi connectivity index (χ2n) is 5.01. The first-order valence-electron chi connectivity index (χ1n) is 7.39. The molecule has 0 radical (unpaired) electrons. The summed E-state index contributed by atoms with van der Waals surface area (Å²) in [6.45, 7) is 1.25. The van der Waals surface area contributed by atoms with Gasteiger partial charge in [0.25, 0.3) is 0 Å². The van der Waals surface area contributed by atoms with Crippen LogP contribution in [0.15, 0.2) is 60.7 Å². The van der Waals surface area contributed by atoms with Crippen molar-refractivity contribution in [1.82, 2.24) is 5.32 Å². The second kappa shape index (κ2) is 8.97. The Morgan fingerprint density at radius 1 is 1.05 bits per heavy atom. The van der Waals surface area contributed by atoms with Gasteiger partial charge in [-0.3, -0.25) is 4.79 Å². The summed E-state index contributed by atoms with van der Waals surface area (Å²) < 4.78 is 5.15. The number of aliphatic hydroxyl groups excluding tert-OH is 1. The molecule has 22 heavy (non-hydrogen) atoms. The van der Waals surface area contributed by atoms with Crippen molar-refractivity contribution in [2.45, 2.75) is 12.5 Å². The predicted molar refractivity (Wildman–Crippen MR) is 85.4 cm³/mol. The number of aliphatic hydroxyl groups is 1. The molecule has 2 aromatic carbocycles. The number of rotatable bonds is 8. The fraction of sp³-hybridized carbons (Fsp3) is 0.278. The lowest BCUT2D eigenvalue weighted by Crippen LogP contribution is -2.26. The molecule has 4 heteroatoms. The van der Waals surface area contributed by atoms with Crippen LogP contribution in [-0.4, -0.2) is 30.8 Å². The zero-order valence-corrected chi connectivity index (χ0v) is 12.4. The highest BCUT2D eigenvalue weighted by atomic mass is 16.5. The normalized spacial score (nSPS) is 11.9. The number of hydrogen-bond donors (Lipinski definition) is 2. The van der Waals surface area contributed by atoms with Crippen molar-refractivity contribution in [3.8, 4) is 0 Å². The van der Waals surface area contributed by atoms with Crippen LogP contribution in [0.3, 0.4) is 0 Å². The molecule has 2 rings (SSSR count). The number of nitrogens with one attached hydrogen (secondary N) is 1. The number of esters is 1. The number of benzene rings is 2. The van der Waals surface area contributed by atoms with Gasteiger partial charge in [0, 0.05) is 13.1 Å². The quantitative estimate of drug-likeness (QED) is 0.579. The first-order valence-corrected chi connectivity index (χ1v) is 7.39. The fourth-order valence-electron chi connectivity index (χ4n) is 2.08. The van der Waals surface area contributed by atoms with Crippen molar-refractivity contribution >= 4 is 5.97 Å². The molecule has 2 aromatic rings. The van der Waals surface area contributed by atoms with Crippen LogP contribution in [0.5, 0.6) is 0 Å². The monoisotopic (exact) mass is 299 g/mol. The fourth-order valence-corrected chi connectivity index (χ4v) is 2.08. The van der Waals surface area contributed by atoms with Crippen LogP contribution in [0.1, 0.15) is 17.2 Å². The molecule has 0 aliphatic rings. The third-order valence-electron chi connectivity index (χ3n) is 3.26. The van der Waals surface area contributed by atoms with Gasteiger partial charge >= 0.3 is 5.97 Å². The number of carbonyl (C=O) groups excluding carboxylic acids is 1. The van der Waals surface area contributed by atoms with E-state index in [0.29, 0.717) is 19.7 Å². The van der Waals surface area contributed by atoms with Crippen LogP contribution < -0.4 is 5.32 Å². The van der Waals surface area contributed by atoms with Crippen LogP contribution in [0.2, 0.25) is 0 Å². The van der Waals surface area contributed by atoms with Gasteiger partial charge in [0.05, 0.1) is 12.5 Å². The van der Waals surface area contributed by atoms with Crippen molar-refractivity contribution in [2.75, 3.05) is 19.7 Å². The smallest absolute Gasteiger partial charge is 0.310 e. The van der Waals surface area contributed by atoms with E-state index in [1.165, 1.54) is 0 Å². The van der Waals surface area contributed by atoms with E-state index in [9.17, 15) is 9.90 Å². The molecule has 0 aliphatic heterocycles. The standard InChI is InChI=1S/C18H21NO3/c20-17(16-9-5-2-6-10-16)14-19-11-12-22-18(21)13-15-7-3-1-4-8-15/h1-10,17,19-20H,11-14H2. The number of ether oxygens (including phenoxy) is 1. The first-order chi connectivity index (χ1) is 10.8. The summed E-state index contributed by atoms with van der Waals surface area (Å²) in [6, 6.07) is 19.0. The van der Waals surface area contributed by atoms with Gasteiger partial charge in [-0.2, -0.15) is 0 Å². The van der Waals surface area contributed by atoms with Crippen molar-refractivity contribution in [2.24, 2.45) is 0 Å². The molecule has 0 aromatic heterocycles. The van der Waals surface area contributed by atoms with E-state index < -0.39 is 6.10 Å². The summed E-state index contributed by atoms with van der Waals surface area (Å²) in [5.74, 6) is -0.239. The Balaban J connectivity index is 1.58. The molecule has 4 nitrogen and oxygen atoms in total. The van der Waals surface area contributed by atoms with Gasteiger partial charge in [-0.05, 0) is 11.1 Å². The minimum atomic E-state index is -0.554. The summed E-state index contributed by atoms with van der Waals surface area (Å²) in [6.07, 6.45) is -0.269. The largest absolute Gasteiger partial charge is 0.464 e. The highest BCUT2D eigenvalue weighted by molar-refractivity contribution is 5.72. The summed E-state index contributed by atoms with van der Waals surface area (Å²) in [5, 5.41) is 13.0. The van der Waals surface area contributed by atoms with E-state index >= 15 is 0 Å². The molecular weight excluding hydrogens is 278 g/mol. The van der Waals surface area contributed by atoms with Gasteiger partial charge in [-0.1, -0.05) is 60.7 Å². The lowest BCUT2D eigenvalue weighted by molar-refractivity contribution is -0.142. The average molecular weight is 299 g/mol. The molecule has 1 unspecified atom stereocenters. The minimum absolute atomic E-state index is 0.239. The Morgan fingerprint density at radius 3 is 2.36 bits per heavy atom. The molecule has 116 valence electrons. The van der Waals surface area contributed by atoms with Crippen LogP contribution in [0, 0.1) is 0 Å². The maximum Gasteiger partial charge on any atom is 0.310 e. The third-order valence-corrected chi connectivity index (χ3v) is 3.26. The molecule has 0 heterocycles. The van der Waals surface area contributed by atoms with E-state index in [-0.39, 0.29) is 12.4 Å².